The molecule has 0 aliphatic carbocycles. The maximum atomic E-state index is 12.6. The molecule has 0 atom stereocenters. The highest BCUT2D eigenvalue weighted by molar-refractivity contribution is 7.89. The molecule has 0 bridgehead atoms. The molecule has 3 aromatic rings. The molecule has 2 N–H and O–H groups in total. The Bertz CT molecular complexity index is 1100. The van der Waals surface area contributed by atoms with Gasteiger partial charge in [0.25, 0.3) is 5.91 Å². The van der Waals surface area contributed by atoms with Gasteiger partial charge < -0.3 is 10.1 Å². The molecular weight excluding hydrogens is 400 g/mol. The Morgan fingerprint density at radius 1 is 0.867 bits per heavy atom. The fraction of sp³-hybridized carbons (Fsp3) is 0.174. The van der Waals surface area contributed by atoms with Crippen LogP contribution in [-0.4, -0.2) is 20.9 Å². The lowest BCUT2D eigenvalue weighted by Gasteiger charge is -2.10. The first-order chi connectivity index (χ1) is 14.5. The van der Waals surface area contributed by atoms with Gasteiger partial charge in [0, 0.05) is 18.7 Å². The van der Waals surface area contributed by atoms with Crippen LogP contribution < -0.4 is 14.8 Å². The number of carbonyl (C=O) groups is 1. The molecule has 7 heteroatoms. The summed E-state index contributed by atoms with van der Waals surface area (Å²) in [5, 5.41) is 2.81. The summed E-state index contributed by atoms with van der Waals surface area (Å²) in [7, 11) is -3.74. The van der Waals surface area contributed by atoms with Crippen LogP contribution in [0.4, 0.5) is 0 Å². The summed E-state index contributed by atoms with van der Waals surface area (Å²) in [5.41, 5.74) is 2.02. The smallest absolute Gasteiger partial charge is 0.251 e. The Hall–Kier alpha value is -3.16. The molecule has 0 saturated carbocycles. The second-order valence-electron chi connectivity index (χ2n) is 6.60. The van der Waals surface area contributed by atoms with Crippen LogP contribution in [0.1, 0.15) is 28.4 Å². The van der Waals surface area contributed by atoms with Crippen molar-refractivity contribution >= 4 is 15.9 Å². The number of carbonyl (C=O) groups excluding carboxylic acids is 1. The van der Waals surface area contributed by atoms with Gasteiger partial charge in [-0.25, -0.2) is 13.1 Å². The van der Waals surface area contributed by atoms with Crippen LogP contribution in [0.25, 0.3) is 0 Å². The summed E-state index contributed by atoms with van der Waals surface area (Å²) < 4.78 is 33.2. The third kappa shape index (κ3) is 5.92. The van der Waals surface area contributed by atoms with Crippen molar-refractivity contribution in [2.75, 3.05) is 6.61 Å². The first-order valence-electron chi connectivity index (χ1n) is 9.61. The Morgan fingerprint density at radius 2 is 1.60 bits per heavy atom. The number of hydrogen-bond acceptors (Lipinski definition) is 4. The average molecular weight is 425 g/mol. The van der Waals surface area contributed by atoms with Crippen molar-refractivity contribution in [3.8, 4) is 5.75 Å². The monoisotopic (exact) mass is 424 g/mol. The van der Waals surface area contributed by atoms with E-state index in [9.17, 15) is 13.2 Å². The van der Waals surface area contributed by atoms with Crippen LogP contribution in [0, 0.1) is 0 Å². The number of rotatable bonds is 9. The van der Waals surface area contributed by atoms with Crippen LogP contribution >= 0.6 is 0 Å². The number of sulfonamides is 1. The van der Waals surface area contributed by atoms with Crippen molar-refractivity contribution in [3.05, 3.63) is 95.6 Å². The molecule has 0 aromatic heterocycles. The highest BCUT2D eigenvalue weighted by atomic mass is 32.2. The maximum Gasteiger partial charge on any atom is 0.251 e. The molecule has 3 rings (SSSR count). The van der Waals surface area contributed by atoms with Gasteiger partial charge in [0.1, 0.15) is 5.75 Å². The van der Waals surface area contributed by atoms with Gasteiger partial charge in [-0.2, -0.15) is 0 Å². The zero-order chi connectivity index (χ0) is 21.4. The minimum atomic E-state index is -3.74. The van der Waals surface area contributed by atoms with Crippen molar-refractivity contribution in [2.45, 2.75) is 24.9 Å². The normalized spacial score (nSPS) is 11.1. The summed E-state index contributed by atoms with van der Waals surface area (Å²) in [6.07, 6.45) is 0. The van der Waals surface area contributed by atoms with Crippen LogP contribution in [0.3, 0.4) is 0 Å². The quantitative estimate of drug-likeness (QED) is 0.551. The van der Waals surface area contributed by atoms with Crippen LogP contribution in [0.2, 0.25) is 0 Å². The molecule has 0 heterocycles. The van der Waals surface area contributed by atoms with E-state index in [2.05, 4.69) is 10.0 Å². The van der Waals surface area contributed by atoms with Crippen molar-refractivity contribution in [3.63, 3.8) is 0 Å². The lowest BCUT2D eigenvalue weighted by atomic mass is 10.2. The van der Waals surface area contributed by atoms with Gasteiger partial charge in [-0.15, -0.1) is 0 Å². The number of benzene rings is 3. The van der Waals surface area contributed by atoms with E-state index in [0.29, 0.717) is 13.2 Å². The molecular formula is C23H24N2O4S. The van der Waals surface area contributed by atoms with Gasteiger partial charge in [-0.05, 0) is 48.4 Å². The molecule has 3 aromatic carbocycles. The fourth-order valence-corrected chi connectivity index (χ4v) is 3.92. The number of nitrogens with one attached hydrogen (secondary N) is 2. The summed E-state index contributed by atoms with van der Waals surface area (Å²) in [6, 6.07) is 22.7. The first kappa shape index (κ1) is 21.5. The van der Waals surface area contributed by atoms with Gasteiger partial charge >= 0.3 is 0 Å². The molecule has 0 fully saturated rings. The van der Waals surface area contributed by atoms with E-state index in [1.807, 2.05) is 61.5 Å². The Labute approximate surface area is 177 Å². The molecule has 0 radical (unpaired) electrons. The lowest BCUT2D eigenvalue weighted by Crippen LogP contribution is -2.25. The third-order valence-electron chi connectivity index (χ3n) is 4.38. The first-order valence-corrected chi connectivity index (χ1v) is 11.1. The molecule has 156 valence electrons. The van der Waals surface area contributed by atoms with Gasteiger partial charge in [-0.3, -0.25) is 4.79 Å². The van der Waals surface area contributed by atoms with Gasteiger partial charge in [0.15, 0.2) is 0 Å². The van der Waals surface area contributed by atoms with Gasteiger partial charge in [0.05, 0.1) is 11.5 Å². The van der Waals surface area contributed by atoms with Gasteiger partial charge in [-0.1, -0.05) is 48.5 Å². The van der Waals surface area contributed by atoms with E-state index in [1.165, 1.54) is 12.1 Å². The Kier molecular flexibility index (Phi) is 7.21. The van der Waals surface area contributed by atoms with E-state index in [-0.39, 0.29) is 22.9 Å². The minimum absolute atomic E-state index is 0.0458. The highest BCUT2D eigenvalue weighted by Crippen LogP contribution is 2.15. The number of ether oxygens (including phenoxy) is 1. The third-order valence-corrected chi connectivity index (χ3v) is 5.78. The molecule has 30 heavy (non-hydrogen) atoms. The van der Waals surface area contributed by atoms with Crippen LogP contribution in [-0.2, 0) is 23.1 Å². The lowest BCUT2D eigenvalue weighted by molar-refractivity contribution is 0.0950. The van der Waals surface area contributed by atoms with E-state index >= 15 is 0 Å². The van der Waals surface area contributed by atoms with E-state index in [0.717, 1.165) is 16.9 Å². The molecule has 0 spiro atoms. The van der Waals surface area contributed by atoms with Crippen LogP contribution in [0.5, 0.6) is 5.75 Å². The molecule has 1 amide bonds. The summed E-state index contributed by atoms with van der Waals surface area (Å²) in [6.45, 7) is 2.96. The van der Waals surface area contributed by atoms with E-state index in [4.69, 9.17) is 4.74 Å². The minimum Gasteiger partial charge on any atom is -0.494 e. The standard InChI is InChI=1S/C23H24N2O4S/c1-2-29-21-12-6-10-19(14-21)16-24-23(26)20-11-7-13-22(15-20)30(27,28)25-17-18-8-4-3-5-9-18/h3-15,25H,2,16-17H2,1H3,(H,24,26). The Balaban J connectivity index is 1.65. The number of hydrogen-bond donors (Lipinski definition) is 2. The molecule has 6 nitrogen and oxygen atoms in total. The highest BCUT2D eigenvalue weighted by Gasteiger charge is 2.16. The summed E-state index contributed by atoms with van der Waals surface area (Å²) in [4.78, 5) is 12.6. The number of amides is 1. The van der Waals surface area contributed by atoms with Crippen molar-refractivity contribution in [2.24, 2.45) is 0 Å². The average Bonchev–Trinajstić information content (AvgIpc) is 2.77. The predicted octanol–water partition coefficient (Wildman–Crippen LogP) is 3.49. The SMILES string of the molecule is CCOc1cccc(CNC(=O)c2cccc(S(=O)(=O)NCc3ccccc3)c2)c1. The summed E-state index contributed by atoms with van der Waals surface area (Å²) >= 11 is 0. The zero-order valence-electron chi connectivity index (χ0n) is 16.7. The fourth-order valence-electron chi connectivity index (χ4n) is 2.86. The van der Waals surface area contributed by atoms with E-state index < -0.39 is 10.0 Å². The topological polar surface area (TPSA) is 84.5 Å². The molecule has 0 aliphatic heterocycles. The largest absolute Gasteiger partial charge is 0.494 e. The van der Waals surface area contributed by atoms with Crippen molar-refractivity contribution in [1.29, 1.82) is 0 Å². The molecule has 0 saturated heterocycles. The van der Waals surface area contributed by atoms with Crippen molar-refractivity contribution in [1.82, 2.24) is 10.0 Å². The second kappa shape index (κ2) is 10.0. The zero-order valence-corrected chi connectivity index (χ0v) is 17.5. The Morgan fingerprint density at radius 3 is 2.37 bits per heavy atom. The van der Waals surface area contributed by atoms with Gasteiger partial charge in [0.2, 0.25) is 10.0 Å². The summed E-state index contributed by atoms with van der Waals surface area (Å²) in [5.74, 6) is 0.388. The predicted molar refractivity (Wildman–Crippen MR) is 116 cm³/mol. The van der Waals surface area contributed by atoms with E-state index in [1.54, 1.807) is 12.1 Å². The van der Waals surface area contributed by atoms with Crippen LogP contribution in [0.15, 0.2) is 83.8 Å². The second-order valence-corrected chi connectivity index (χ2v) is 8.37. The molecule has 0 unspecified atom stereocenters. The maximum absolute atomic E-state index is 12.6. The van der Waals surface area contributed by atoms with Crippen molar-refractivity contribution < 1.29 is 17.9 Å². The molecule has 0 aliphatic rings.